The van der Waals surface area contributed by atoms with Crippen molar-refractivity contribution in [1.82, 2.24) is 9.47 Å². The number of thioether (sulfide) groups is 1. The van der Waals surface area contributed by atoms with Gasteiger partial charge in [-0.25, -0.2) is 0 Å². The Balaban J connectivity index is 1.57. The number of thiocarbonyl (C=S) groups is 1. The molecule has 1 saturated heterocycles. The van der Waals surface area contributed by atoms with Crippen LogP contribution in [0.3, 0.4) is 0 Å². The monoisotopic (exact) mass is 450 g/mol. The summed E-state index contributed by atoms with van der Waals surface area (Å²) in [5.74, 6) is 2.23. The van der Waals surface area contributed by atoms with Gasteiger partial charge in [0, 0.05) is 24.1 Å². The van der Waals surface area contributed by atoms with Crippen molar-refractivity contribution in [1.29, 1.82) is 0 Å². The minimum Gasteiger partial charge on any atom is -0.497 e. The molecule has 0 unspecified atom stereocenters. The first-order valence-corrected chi connectivity index (χ1v) is 10.9. The zero-order chi connectivity index (χ0) is 22.1. The molecule has 0 bridgehead atoms. The smallest absolute Gasteiger partial charge is 0.265 e. The molecule has 2 aromatic carbocycles. The van der Waals surface area contributed by atoms with Crippen molar-refractivity contribution in [3.63, 3.8) is 0 Å². The number of benzene rings is 2. The van der Waals surface area contributed by atoms with Gasteiger partial charge in [0.15, 0.2) is 0 Å². The third kappa shape index (κ3) is 4.24. The Morgan fingerprint density at radius 1 is 0.968 bits per heavy atom. The fourth-order valence-corrected chi connectivity index (χ4v) is 4.63. The van der Waals surface area contributed by atoms with E-state index in [1.807, 2.05) is 61.5 Å². The van der Waals surface area contributed by atoms with Crippen molar-refractivity contribution in [3.05, 3.63) is 76.5 Å². The van der Waals surface area contributed by atoms with Crippen LogP contribution in [0.2, 0.25) is 0 Å². The third-order valence-corrected chi connectivity index (χ3v) is 6.62. The minimum atomic E-state index is -0.0557. The van der Waals surface area contributed by atoms with Gasteiger partial charge in [-0.15, -0.1) is 0 Å². The molecule has 0 radical (unpaired) electrons. The van der Waals surface area contributed by atoms with E-state index in [9.17, 15) is 4.79 Å². The Bertz CT molecular complexity index is 1180. The number of likely N-dealkylation sites (N-methyl/N-ethyl adjacent to an activating group) is 1. The summed E-state index contributed by atoms with van der Waals surface area (Å²) in [4.78, 5) is 14.5. The summed E-state index contributed by atoms with van der Waals surface area (Å²) in [6.07, 6.45) is 1.92. The molecular weight excluding hydrogens is 428 g/mol. The van der Waals surface area contributed by atoms with Crippen molar-refractivity contribution >= 4 is 40.3 Å². The molecule has 1 aliphatic heterocycles. The SMILES string of the molecule is COc1ccc(Oc2ccc(-n3c(C)cc(/C=C4\SC(=S)N(C)C4=O)c3C)cc2)cc1. The molecule has 7 heteroatoms. The van der Waals surface area contributed by atoms with Crippen LogP contribution < -0.4 is 9.47 Å². The van der Waals surface area contributed by atoms with Gasteiger partial charge in [0.05, 0.1) is 12.0 Å². The lowest BCUT2D eigenvalue weighted by Crippen LogP contribution is -2.22. The number of nitrogens with zero attached hydrogens (tertiary/aromatic N) is 2. The van der Waals surface area contributed by atoms with Gasteiger partial charge in [0.25, 0.3) is 5.91 Å². The molecule has 1 fully saturated rings. The lowest BCUT2D eigenvalue weighted by Gasteiger charge is -2.11. The summed E-state index contributed by atoms with van der Waals surface area (Å²) >= 11 is 6.56. The Labute approximate surface area is 191 Å². The van der Waals surface area contributed by atoms with Gasteiger partial charge in [0.1, 0.15) is 21.6 Å². The summed E-state index contributed by atoms with van der Waals surface area (Å²) in [5, 5.41) is 0. The Hall–Kier alpha value is -3.03. The van der Waals surface area contributed by atoms with Crippen LogP contribution in [0.1, 0.15) is 17.0 Å². The minimum absolute atomic E-state index is 0.0557. The van der Waals surface area contributed by atoms with Crippen LogP contribution in [0, 0.1) is 13.8 Å². The zero-order valence-electron chi connectivity index (χ0n) is 17.7. The molecule has 0 N–H and O–H groups in total. The van der Waals surface area contributed by atoms with Crippen molar-refractivity contribution in [3.8, 4) is 22.9 Å². The molecule has 1 aromatic heterocycles. The van der Waals surface area contributed by atoms with Crippen LogP contribution in [-0.4, -0.2) is 33.9 Å². The Morgan fingerprint density at radius 2 is 1.55 bits per heavy atom. The molecule has 1 aliphatic rings. The van der Waals surface area contributed by atoms with Crippen LogP contribution in [0.25, 0.3) is 11.8 Å². The lowest BCUT2D eigenvalue weighted by atomic mass is 10.2. The molecule has 3 aromatic rings. The zero-order valence-corrected chi connectivity index (χ0v) is 19.3. The molecule has 0 atom stereocenters. The van der Waals surface area contributed by atoms with E-state index in [4.69, 9.17) is 21.7 Å². The maximum absolute atomic E-state index is 12.3. The Kier molecular flexibility index (Phi) is 5.89. The molecule has 31 heavy (non-hydrogen) atoms. The van der Waals surface area contributed by atoms with E-state index in [1.165, 1.54) is 16.7 Å². The van der Waals surface area contributed by atoms with Crippen molar-refractivity contribution in [2.45, 2.75) is 13.8 Å². The third-order valence-electron chi connectivity index (χ3n) is 5.13. The van der Waals surface area contributed by atoms with Crippen molar-refractivity contribution in [2.24, 2.45) is 0 Å². The van der Waals surface area contributed by atoms with Crippen molar-refractivity contribution < 1.29 is 14.3 Å². The maximum Gasteiger partial charge on any atom is 0.265 e. The predicted molar refractivity (Wildman–Crippen MR) is 129 cm³/mol. The van der Waals surface area contributed by atoms with E-state index in [-0.39, 0.29) is 5.91 Å². The summed E-state index contributed by atoms with van der Waals surface area (Å²) in [5.41, 5.74) is 4.17. The second kappa shape index (κ2) is 8.61. The van der Waals surface area contributed by atoms with Gasteiger partial charge < -0.3 is 14.0 Å². The second-order valence-corrected chi connectivity index (χ2v) is 8.85. The maximum atomic E-state index is 12.3. The average Bonchev–Trinajstić information content (AvgIpc) is 3.18. The van der Waals surface area contributed by atoms with E-state index in [2.05, 4.69) is 17.6 Å². The molecule has 5 nitrogen and oxygen atoms in total. The number of carbonyl (C=O) groups excluding carboxylic acids is 1. The normalized spacial score (nSPS) is 15.1. The van der Waals surface area contributed by atoms with E-state index in [0.29, 0.717) is 9.23 Å². The molecular formula is C24H22N2O3S2. The molecule has 0 saturated carbocycles. The quantitative estimate of drug-likeness (QED) is 0.367. The lowest BCUT2D eigenvalue weighted by molar-refractivity contribution is -0.121. The average molecular weight is 451 g/mol. The number of ether oxygens (including phenoxy) is 2. The highest BCUT2D eigenvalue weighted by Crippen LogP contribution is 2.33. The summed E-state index contributed by atoms with van der Waals surface area (Å²) in [6, 6.07) is 17.5. The van der Waals surface area contributed by atoms with Crippen LogP contribution in [0.4, 0.5) is 0 Å². The molecule has 1 amide bonds. The van der Waals surface area contributed by atoms with Gasteiger partial charge in [-0.05, 0) is 80.1 Å². The molecule has 158 valence electrons. The van der Waals surface area contributed by atoms with Gasteiger partial charge in [0.2, 0.25) is 0 Å². The fourth-order valence-electron chi connectivity index (χ4n) is 3.46. The largest absolute Gasteiger partial charge is 0.497 e. The van der Waals surface area contributed by atoms with Crippen LogP contribution in [-0.2, 0) is 4.79 Å². The summed E-state index contributed by atoms with van der Waals surface area (Å²) < 4.78 is 13.8. The number of carbonyl (C=O) groups is 1. The fraction of sp³-hybridized carbons (Fsp3) is 0.167. The van der Waals surface area contributed by atoms with Gasteiger partial charge >= 0.3 is 0 Å². The number of hydrogen-bond donors (Lipinski definition) is 0. The first kappa shape index (κ1) is 21.2. The predicted octanol–water partition coefficient (Wildman–Crippen LogP) is 5.73. The first-order valence-electron chi connectivity index (χ1n) is 9.70. The molecule has 2 heterocycles. The molecule has 0 spiro atoms. The Morgan fingerprint density at radius 3 is 2.10 bits per heavy atom. The van der Waals surface area contributed by atoms with Crippen LogP contribution in [0.15, 0.2) is 59.5 Å². The molecule has 4 rings (SSSR count). The topological polar surface area (TPSA) is 43.7 Å². The van der Waals surface area contributed by atoms with E-state index in [1.54, 1.807) is 14.2 Å². The molecule has 0 aliphatic carbocycles. The van der Waals surface area contributed by atoms with E-state index < -0.39 is 0 Å². The number of rotatable bonds is 5. The summed E-state index contributed by atoms with van der Waals surface area (Å²) in [6.45, 7) is 4.10. The highest BCUT2D eigenvalue weighted by atomic mass is 32.2. The van der Waals surface area contributed by atoms with Gasteiger partial charge in [-0.3, -0.25) is 9.69 Å². The van der Waals surface area contributed by atoms with E-state index in [0.717, 1.165) is 39.9 Å². The van der Waals surface area contributed by atoms with E-state index >= 15 is 0 Å². The standard InChI is InChI=1S/C24H22N2O3S2/c1-15-13-17(14-22-23(27)25(3)24(30)31-22)16(2)26(15)18-5-7-20(8-6-18)29-21-11-9-19(28-4)10-12-21/h5-14H,1-4H3/b22-14-. The first-order chi connectivity index (χ1) is 14.9. The van der Waals surface area contributed by atoms with Crippen molar-refractivity contribution in [2.75, 3.05) is 14.2 Å². The summed E-state index contributed by atoms with van der Waals surface area (Å²) in [7, 11) is 3.34. The number of aryl methyl sites for hydroxylation is 1. The van der Waals surface area contributed by atoms with Crippen LogP contribution in [0.5, 0.6) is 17.2 Å². The second-order valence-electron chi connectivity index (χ2n) is 7.17. The van der Waals surface area contributed by atoms with Crippen LogP contribution >= 0.6 is 24.0 Å². The van der Waals surface area contributed by atoms with Gasteiger partial charge in [-0.2, -0.15) is 0 Å². The number of methoxy groups -OCH3 is 1. The number of hydrogen-bond acceptors (Lipinski definition) is 5. The highest BCUT2D eigenvalue weighted by molar-refractivity contribution is 8.26. The number of aromatic nitrogens is 1. The number of amides is 1. The van der Waals surface area contributed by atoms with Gasteiger partial charge in [-0.1, -0.05) is 24.0 Å². The highest BCUT2D eigenvalue weighted by Gasteiger charge is 2.29.